The zero-order valence-corrected chi connectivity index (χ0v) is 12.7. The molecule has 0 aliphatic carbocycles. The van der Waals surface area contributed by atoms with Crippen LogP contribution in [0, 0.1) is 6.92 Å². The summed E-state index contributed by atoms with van der Waals surface area (Å²) >= 11 is 3.48. The fourth-order valence-corrected chi connectivity index (χ4v) is 2.49. The van der Waals surface area contributed by atoms with Gasteiger partial charge in [0.25, 0.3) is 0 Å². The molecule has 0 spiro atoms. The zero-order chi connectivity index (χ0) is 13.9. The minimum Gasteiger partial charge on any atom is -0.340 e. The van der Waals surface area contributed by atoms with Gasteiger partial charge >= 0.3 is 0 Å². The lowest BCUT2D eigenvalue weighted by atomic mass is 10.1. The highest BCUT2D eigenvalue weighted by Gasteiger charge is 2.05. The summed E-state index contributed by atoms with van der Waals surface area (Å²) in [6.07, 6.45) is 1.59. The van der Waals surface area contributed by atoms with E-state index in [1.54, 1.807) is 6.33 Å². The SMILES string of the molecule is Cc1cccc(Nc2ncnc3ccc(CBr)cc23)c1. The predicted molar refractivity (Wildman–Crippen MR) is 86.6 cm³/mol. The van der Waals surface area contributed by atoms with Gasteiger partial charge < -0.3 is 5.32 Å². The first kappa shape index (κ1) is 13.1. The Morgan fingerprint density at radius 1 is 1.10 bits per heavy atom. The second kappa shape index (κ2) is 5.59. The van der Waals surface area contributed by atoms with Crippen molar-refractivity contribution in [3.63, 3.8) is 0 Å². The predicted octanol–water partition coefficient (Wildman–Crippen LogP) is 4.58. The second-order valence-corrected chi connectivity index (χ2v) is 5.26. The van der Waals surface area contributed by atoms with Crippen molar-refractivity contribution in [1.82, 2.24) is 9.97 Å². The number of anilines is 2. The van der Waals surface area contributed by atoms with Crippen LogP contribution in [0.2, 0.25) is 0 Å². The van der Waals surface area contributed by atoms with Crippen LogP contribution in [-0.2, 0) is 5.33 Å². The Morgan fingerprint density at radius 2 is 2.00 bits per heavy atom. The van der Waals surface area contributed by atoms with Crippen molar-refractivity contribution in [3.05, 3.63) is 59.9 Å². The highest BCUT2D eigenvalue weighted by molar-refractivity contribution is 9.08. The van der Waals surface area contributed by atoms with Crippen LogP contribution in [-0.4, -0.2) is 9.97 Å². The highest BCUT2D eigenvalue weighted by atomic mass is 79.9. The topological polar surface area (TPSA) is 37.8 Å². The number of hydrogen-bond acceptors (Lipinski definition) is 3. The van der Waals surface area contributed by atoms with Crippen molar-refractivity contribution in [1.29, 1.82) is 0 Å². The van der Waals surface area contributed by atoms with E-state index in [2.05, 4.69) is 62.4 Å². The van der Waals surface area contributed by atoms with Crippen LogP contribution in [0.3, 0.4) is 0 Å². The van der Waals surface area contributed by atoms with Gasteiger partial charge in [0.15, 0.2) is 0 Å². The number of aromatic nitrogens is 2. The molecule has 0 bridgehead atoms. The summed E-state index contributed by atoms with van der Waals surface area (Å²) in [5, 5.41) is 5.23. The van der Waals surface area contributed by atoms with Gasteiger partial charge in [0.05, 0.1) is 5.52 Å². The Morgan fingerprint density at radius 3 is 2.80 bits per heavy atom. The van der Waals surface area contributed by atoms with Crippen molar-refractivity contribution in [2.24, 2.45) is 0 Å². The number of fused-ring (bicyclic) bond motifs is 1. The van der Waals surface area contributed by atoms with E-state index >= 15 is 0 Å². The Hall–Kier alpha value is -1.94. The van der Waals surface area contributed by atoms with Crippen molar-refractivity contribution in [2.45, 2.75) is 12.3 Å². The third kappa shape index (κ3) is 2.65. The first-order valence-electron chi connectivity index (χ1n) is 6.39. The molecule has 100 valence electrons. The molecule has 0 atom stereocenters. The molecule has 2 aromatic carbocycles. The van der Waals surface area contributed by atoms with Crippen molar-refractivity contribution in [2.75, 3.05) is 5.32 Å². The molecule has 0 aliphatic rings. The van der Waals surface area contributed by atoms with Crippen molar-refractivity contribution < 1.29 is 0 Å². The fourth-order valence-electron chi connectivity index (χ4n) is 2.15. The normalized spacial score (nSPS) is 10.7. The van der Waals surface area contributed by atoms with Crippen molar-refractivity contribution in [3.8, 4) is 0 Å². The van der Waals surface area contributed by atoms with E-state index in [4.69, 9.17) is 0 Å². The van der Waals surface area contributed by atoms with Crippen LogP contribution in [0.15, 0.2) is 48.8 Å². The maximum Gasteiger partial charge on any atom is 0.141 e. The molecule has 20 heavy (non-hydrogen) atoms. The molecular weight excluding hydrogens is 314 g/mol. The van der Waals surface area contributed by atoms with Gasteiger partial charge in [0.2, 0.25) is 0 Å². The molecule has 4 heteroatoms. The Balaban J connectivity index is 2.06. The van der Waals surface area contributed by atoms with Gasteiger partial charge in [-0.2, -0.15) is 0 Å². The number of rotatable bonds is 3. The molecule has 0 saturated carbocycles. The molecule has 3 aromatic rings. The number of nitrogens with one attached hydrogen (secondary N) is 1. The third-order valence-electron chi connectivity index (χ3n) is 3.13. The number of benzene rings is 2. The van der Waals surface area contributed by atoms with E-state index in [1.165, 1.54) is 11.1 Å². The zero-order valence-electron chi connectivity index (χ0n) is 11.1. The lowest BCUT2D eigenvalue weighted by Crippen LogP contribution is -1.96. The maximum atomic E-state index is 4.37. The second-order valence-electron chi connectivity index (χ2n) is 4.70. The number of aryl methyl sites for hydroxylation is 1. The maximum absolute atomic E-state index is 4.37. The van der Waals surface area contributed by atoms with E-state index in [-0.39, 0.29) is 0 Å². The largest absolute Gasteiger partial charge is 0.340 e. The number of hydrogen-bond donors (Lipinski definition) is 1. The van der Waals surface area contributed by atoms with Crippen molar-refractivity contribution >= 4 is 38.3 Å². The molecule has 0 amide bonds. The summed E-state index contributed by atoms with van der Waals surface area (Å²) in [6.45, 7) is 2.08. The van der Waals surface area contributed by atoms with Gasteiger partial charge in [0.1, 0.15) is 12.1 Å². The van der Waals surface area contributed by atoms with E-state index in [1.807, 2.05) is 18.2 Å². The lowest BCUT2D eigenvalue weighted by Gasteiger charge is -2.09. The summed E-state index contributed by atoms with van der Waals surface area (Å²) in [4.78, 5) is 8.68. The van der Waals surface area contributed by atoms with Crippen LogP contribution in [0.5, 0.6) is 0 Å². The smallest absolute Gasteiger partial charge is 0.141 e. The van der Waals surface area contributed by atoms with Crippen LogP contribution in [0.25, 0.3) is 10.9 Å². The van der Waals surface area contributed by atoms with Gasteiger partial charge in [-0.1, -0.05) is 34.1 Å². The fraction of sp³-hybridized carbons (Fsp3) is 0.125. The summed E-state index contributed by atoms with van der Waals surface area (Å²) in [6, 6.07) is 14.5. The Kier molecular flexibility index (Phi) is 3.65. The van der Waals surface area contributed by atoms with E-state index < -0.39 is 0 Å². The third-order valence-corrected chi connectivity index (χ3v) is 3.78. The lowest BCUT2D eigenvalue weighted by molar-refractivity contribution is 1.21. The van der Waals surface area contributed by atoms with Crippen LogP contribution in [0.4, 0.5) is 11.5 Å². The monoisotopic (exact) mass is 327 g/mol. The van der Waals surface area contributed by atoms with E-state index in [0.29, 0.717) is 0 Å². The summed E-state index contributed by atoms with van der Waals surface area (Å²) in [5.41, 5.74) is 4.41. The minimum absolute atomic E-state index is 0.821. The van der Waals surface area contributed by atoms with Gasteiger partial charge in [-0.15, -0.1) is 0 Å². The Labute approximate surface area is 126 Å². The summed E-state index contributed by atoms with van der Waals surface area (Å²) in [7, 11) is 0. The molecule has 1 N–H and O–H groups in total. The van der Waals surface area contributed by atoms with Crippen LogP contribution < -0.4 is 5.32 Å². The van der Waals surface area contributed by atoms with Gasteiger partial charge in [-0.25, -0.2) is 9.97 Å². The average molecular weight is 328 g/mol. The number of halogens is 1. The molecule has 0 radical (unpaired) electrons. The first-order valence-corrected chi connectivity index (χ1v) is 7.52. The number of nitrogens with zero attached hydrogens (tertiary/aromatic N) is 2. The quantitative estimate of drug-likeness (QED) is 0.715. The molecule has 3 nitrogen and oxygen atoms in total. The van der Waals surface area contributed by atoms with Gasteiger partial charge in [0, 0.05) is 16.4 Å². The molecule has 1 heterocycles. The minimum atomic E-state index is 0.821. The van der Waals surface area contributed by atoms with E-state index in [0.717, 1.165) is 27.7 Å². The standard InChI is InChI=1S/C16H14BrN3/c1-11-3-2-4-13(7-11)20-16-14-8-12(9-17)5-6-15(14)18-10-19-16/h2-8,10H,9H2,1H3,(H,18,19,20). The highest BCUT2D eigenvalue weighted by Crippen LogP contribution is 2.25. The summed E-state index contributed by atoms with van der Waals surface area (Å²) < 4.78 is 0. The molecule has 0 aliphatic heterocycles. The molecular formula is C16H14BrN3. The summed E-state index contributed by atoms with van der Waals surface area (Å²) in [5.74, 6) is 0.836. The Bertz CT molecular complexity index is 756. The van der Waals surface area contributed by atoms with Crippen LogP contribution in [0.1, 0.15) is 11.1 Å². The number of alkyl halides is 1. The van der Waals surface area contributed by atoms with E-state index in [9.17, 15) is 0 Å². The molecule has 0 unspecified atom stereocenters. The molecule has 0 saturated heterocycles. The first-order chi connectivity index (χ1) is 9.76. The molecule has 1 aromatic heterocycles. The van der Waals surface area contributed by atoms with Gasteiger partial charge in [-0.3, -0.25) is 0 Å². The average Bonchev–Trinajstić information content (AvgIpc) is 2.47. The van der Waals surface area contributed by atoms with Gasteiger partial charge in [-0.05, 0) is 42.3 Å². The van der Waals surface area contributed by atoms with Crippen LogP contribution >= 0.6 is 15.9 Å². The molecule has 3 rings (SSSR count). The molecule has 0 fully saturated rings.